The largest absolute Gasteiger partial charge is 0.461 e. The molecule has 0 aliphatic carbocycles. The van der Waals surface area contributed by atoms with E-state index in [2.05, 4.69) is 15.5 Å². The molecule has 0 spiro atoms. The second-order valence-corrected chi connectivity index (χ2v) is 4.69. The summed E-state index contributed by atoms with van der Waals surface area (Å²) in [7, 11) is 0. The van der Waals surface area contributed by atoms with Crippen molar-refractivity contribution in [3.63, 3.8) is 0 Å². The van der Waals surface area contributed by atoms with Gasteiger partial charge in [-0.15, -0.1) is 10.2 Å². The molecular formula is C12H9F2N3O3S. The Morgan fingerprint density at radius 3 is 2.67 bits per heavy atom. The van der Waals surface area contributed by atoms with Gasteiger partial charge in [-0.2, -0.15) is 0 Å². The van der Waals surface area contributed by atoms with Gasteiger partial charge in [0.25, 0.3) is 5.91 Å². The quantitative estimate of drug-likeness (QED) is 0.876. The second kappa shape index (κ2) is 6.35. The number of amides is 1. The molecule has 2 aromatic rings. The Hall–Kier alpha value is -2.42. The molecule has 1 N–H and O–H groups in total. The van der Waals surface area contributed by atoms with Crippen LogP contribution in [0.5, 0.6) is 0 Å². The molecule has 1 heterocycles. The van der Waals surface area contributed by atoms with E-state index in [0.717, 1.165) is 12.1 Å². The van der Waals surface area contributed by atoms with Gasteiger partial charge in [0.15, 0.2) is 0 Å². The zero-order valence-corrected chi connectivity index (χ0v) is 11.5. The first-order valence-corrected chi connectivity index (χ1v) is 6.60. The van der Waals surface area contributed by atoms with Crippen molar-refractivity contribution in [1.82, 2.24) is 10.2 Å². The summed E-state index contributed by atoms with van der Waals surface area (Å²) < 4.78 is 30.9. The Labute approximate surface area is 121 Å². The molecule has 0 saturated carbocycles. The highest BCUT2D eigenvalue weighted by molar-refractivity contribution is 7.15. The van der Waals surface area contributed by atoms with Crippen molar-refractivity contribution in [2.45, 2.75) is 6.92 Å². The maximum atomic E-state index is 13.4. The number of rotatable bonds is 4. The highest BCUT2D eigenvalue weighted by atomic mass is 32.1. The van der Waals surface area contributed by atoms with Crippen LogP contribution in [-0.2, 0) is 4.74 Å². The summed E-state index contributed by atoms with van der Waals surface area (Å²) in [6.07, 6.45) is 0. The fraction of sp³-hybridized carbons (Fsp3) is 0.167. The first-order valence-electron chi connectivity index (χ1n) is 5.78. The van der Waals surface area contributed by atoms with E-state index in [1.807, 2.05) is 0 Å². The normalized spacial score (nSPS) is 10.2. The SMILES string of the molecule is CCOC(=O)c1nnc(C(=O)Nc2ccc(F)cc2F)s1. The number of nitrogens with zero attached hydrogens (tertiary/aromatic N) is 2. The maximum absolute atomic E-state index is 13.4. The predicted octanol–water partition coefficient (Wildman–Crippen LogP) is 2.25. The van der Waals surface area contributed by atoms with E-state index < -0.39 is 23.5 Å². The summed E-state index contributed by atoms with van der Waals surface area (Å²) in [5, 5.41) is 9.03. The summed E-state index contributed by atoms with van der Waals surface area (Å²) in [4.78, 5) is 23.2. The number of ether oxygens (including phenoxy) is 1. The summed E-state index contributed by atoms with van der Waals surface area (Å²) in [5.41, 5.74) is -0.200. The number of nitrogens with one attached hydrogen (secondary N) is 1. The Bertz CT molecular complexity index is 690. The van der Waals surface area contributed by atoms with E-state index in [0.29, 0.717) is 17.4 Å². The zero-order chi connectivity index (χ0) is 15.4. The number of carbonyl (C=O) groups is 2. The molecule has 0 bridgehead atoms. The molecule has 2 rings (SSSR count). The first kappa shape index (κ1) is 15.0. The minimum absolute atomic E-state index is 0.0819. The average Bonchev–Trinajstić information content (AvgIpc) is 2.92. The average molecular weight is 313 g/mol. The first-order chi connectivity index (χ1) is 10.0. The van der Waals surface area contributed by atoms with Gasteiger partial charge in [-0.1, -0.05) is 11.3 Å². The smallest absolute Gasteiger partial charge is 0.369 e. The fourth-order valence-corrected chi connectivity index (χ4v) is 1.99. The molecular weight excluding hydrogens is 304 g/mol. The van der Waals surface area contributed by atoms with Crippen LogP contribution in [0.1, 0.15) is 26.5 Å². The summed E-state index contributed by atoms with van der Waals surface area (Å²) in [6.45, 7) is 1.80. The lowest BCUT2D eigenvalue weighted by Gasteiger charge is -2.03. The molecule has 1 aromatic carbocycles. The molecule has 0 aliphatic rings. The molecule has 1 amide bonds. The minimum atomic E-state index is -0.918. The van der Waals surface area contributed by atoms with Gasteiger partial charge in [-0.25, -0.2) is 13.6 Å². The van der Waals surface area contributed by atoms with E-state index in [1.54, 1.807) is 6.92 Å². The van der Waals surface area contributed by atoms with Gasteiger partial charge in [-0.3, -0.25) is 4.79 Å². The zero-order valence-electron chi connectivity index (χ0n) is 10.7. The third-order valence-electron chi connectivity index (χ3n) is 2.25. The minimum Gasteiger partial charge on any atom is -0.461 e. The van der Waals surface area contributed by atoms with E-state index in [4.69, 9.17) is 4.74 Å². The van der Waals surface area contributed by atoms with Crippen LogP contribution in [0.3, 0.4) is 0 Å². The molecule has 0 aliphatic heterocycles. The lowest BCUT2D eigenvalue weighted by Crippen LogP contribution is -2.12. The van der Waals surface area contributed by atoms with Crippen molar-refractivity contribution in [2.75, 3.05) is 11.9 Å². The Morgan fingerprint density at radius 1 is 1.29 bits per heavy atom. The third-order valence-corrected chi connectivity index (χ3v) is 3.15. The number of halogens is 2. The number of benzene rings is 1. The molecule has 1 aromatic heterocycles. The molecule has 0 radical (unpaired) electrons. The fourth-order valence-electron chi connectivity index (χ4n) is 1.36. The van der Waals surface area contributed by atoms with Gasteiger partial charge in [0.2, 0.25) is 10.0 Å². The van der Waals surface area contributed by atoms with Crippen molar-refractivity contribution < 1.29 is 23.1 Å². The lowest BCUT2D eigenvalue weighted by molar-refractivity contribution is 0.0525. The summed E-state index contributed by atoms with van der Waals surface area (Å²) >= 11 is 0.712. The van der Waals surface area contributed by atoms with Crippen LogP contribution in [0.4, 0.5) is 14.5 Å². The Morgan fingerprint density at radius 2 is 2.00 bits per heavy atom. The molecule has 0 fully saturated rings. The van der Waals surface area contributed by atoms with Crippen LogP contribution in [0.25, 0.3) is 0 Å². The Kier molecular flexibility index (Phi) is 4.53. The van der Waals surface area contributed by atoms with E-state index in [9.17, 15) is 18.4 Å². The molecule has 0 atom stereocenters. The van der Waals surface area contributed by atoms with Crippen LogP contribution in [-0.4, -0.2) is 28.7 Å². The molecule has 0 unspecified atom stereocenters. The van der Waals surface area contributed by atoms with Gasteiger partial charge >= 0.3 is 5.97 Å². The number of hydrogen-bond acceptors (Lipinski definition) is 6. The van der Waals surface area contributed by atoms with Gasteiger partial charge in [-0.05, 0) is 19.1 Å². The topological polar surface area (TPSA) is 81.2 Å². The monoisotopic (exact) mass is 313 g/mol. The summed E-state index contributed by atoms with van der Waals surface area (Å²) in [6, 6.07) is 2.72. The molecule has 21 heavy (non-hydrogen) atoms. The van der Waals surface area contributed by atoms with E-state index in [1.165, 1.54) is 0 Å². The highest BCUT2D eigenvalue weighted by Gasteiger charge is 2.19. The van der Waals surface area contributed by atoms with E-state index in [-0.39, 0.29) is 22.3 Å². The van der Waals surface area contributed by atoms with E-state index >= 15 is 0 Å². The van der Waals surface area contributed by atoms with Crippen molar-refractivity contribution in [2.24, 2.45) is 0 Å². The maximum Gasteiger partial charge on any atom is 0.369 e. The number of carbonyl (C=O) groups excluding carboxylic acids is 2. The van der Waals surface area contributed by atoms with Crippen molar-refractivity contribution in [3.8, 4) is 0 Å². The van der Waals surface area contributed by atoms with Crippen molar-refractivity contribution in [1.29, 1.82) is 0 Å². The van der Waals surface area contributed by atoms with Gasteiger partial charge in [0.05, 0.1) is 12.3 Å². The van der Waals surface area contributed by atoms with Crippen molar-refractivity contribution >= 4 is 28.9 Å². The number of esters is 1. The highest BCUT2D eigenvalue weighted by Crippen LogP contribution is 2.17. The number of hydrogen-bond donors (Lipinski definition) is 1. The van der Waals surface area contributed by atoms with Gasteiger partial charge < -0.3 is 10.1 Å². The molecule has 0 saturated heterocycles. The van der Waals surface area contributed by atoms with Crippen molar-refractivity contribution in [3.05, 3.63) is 39.8 Å². The van der Waals surface area contributed by atoms with Crippen LogP contribution in [0.2, 0.25) is 0 Å². The third kappa shape index (κ3) is 3.57. The molecule has 6 nitrogen and oxygen atoms in total. The standard InChI is InChI=1S/C12H9F2N3O3S/c1-2-20-12(19)11-17-16-10(21-11)9(18)15-8-4-3-6(13)5-7(8)14/h3-5H,2H2,1H3,(H,15,18). The van der Waals surface area contributed by atoms with Crippen LogP contribution in [0.15, 0.2) is 18.2 Å². The second-order valence-electron chi connectivity index (χ2n) is 3.71. The van der Waals surface area contributed by atoms with Gasteiger partial charge in [0.1, 0.15) is 11.6 Å². The molecule has 9 heteroatoms. The van der Waals surface area contributed by atoms with Crippen LogP contribution in [0, 0.1) is 11.6 Å². The lowest BCUT2D eigenvalue weighted by atomic mass is 10.3. The predicted molar refractivity (Wildman–Crippen MR) is 70.2 cm³/mol. The Balaban J connectivity index is 2.12. The summed E-state index contributed by atoms with van der Waals surface area (Å²) in [5.74, 6) is -3.12. The van der Waals surface area contributed by atoms with Crippen LogP contribution < -0.4 is 5.32 Å². The molecule has 110 valence electrons. The van der Waals surface area contributed by atoms with Crippen LogP contribution >= 0.6 is 11.3 Å². The van der Waals surface area contributed by atoms with Gasteiger partial charge in [0, 0.05) is 6.07 Å². The number of aromatic nitrogens is 2. The number of anilines is 1.